The molecule has 4 rings (SSSR count). The van der Waals surface area contributed by atoms with E-state index in [0.717, 1.165) is 24.1 Å². The van der Waals surface area contributed by atoms with Crippen LogP contribution in [0.2, 0.25) is 0 Å². The fraction of sp³-hybridized carbons (Fsp3) is 0.227. The number of dihydropyridines is 1. The number of carbonyl (C=O) groups excluding carboxylic acids is 2. The molecule has 1 aliphatic carbocycles. The number of para-hydroxylation sites is 1. The third-order valence-corrected chi connectivity index (χ3v) is 5.16. The smallest absolute Gasteiger partial charge is 0.254 e. The summed E-state index contributed by atoms with van der Waals surface area (Å²) in [5.41, 5.74) is 3.42. The Kier molecular flexibility index (Phi) is 4.77. The number of amides is 1. The van der Waals surface area contributed by atoms with Gasteiger partial charge in [0.15, 0.2) is 5.78 Å². The lowest BCUT2D eigenvalue weighted by Crippen LogP contribution is -2.35. The van der Waals surface area contributed by atoms with Crippen LogP contribution < -0.4 is 10.6 Å². The molecule has 0 unspecified atom stereocenters. The standard InChI is InChI=1S/C22H20FN3O2/c1-13-19(22(28)26-16-8-3-2-7-15(16)23)20(14-6-5-11-24-12-14)21-17(25-13)9-4-10-18(21)27/h2-3,5-8,11-12,20,25H,4,9-10H2,1H3,(H,26,28)/t20-/m1/s1. The molecule has 0 radical (unpaired) electrons. The van der Waals surface area contributed by atoms with E-state index >= 15 is 0 Å². The van der Waals surface area contributed by atoms with E-state index in [0.29, 0.717) is 23.3 Å². The summed E-state index contributed by atoms with van der Waals surface area (Å²) in [6.07, 6.45) is 5.33. The topological polar surface area (TPSA) is 71.1 Å². The van der Waals surface area contributed by atoms with Gasteiger partial charge in [0.1, 0.15) is 5.82 Å². The van der Waals surface area contributed by atoms with E-state index in [1.807, 2.05) is 13.0 Å². The van der Waals surface area contributed by atoms with Gasteiger partial charge in [0.25, 0.3) is 5.91 Å². The van der Waals surface area contributed by atoms with Crippen LogP contribution in [0.5, 0.6) is 0 Å². The molecular weight excluding hydrogens is 357 g/mol. The molecule has 0 bridgehead atoms. The normalized spacial score (nSPS) is 19.2. The highest BCUT2D eigenvalue weighted by Gasteiger charge is 2.38. The average Bonchev–Trinajstić information content (AvgIpc) is 2.69. The number of hydrogen-bond acceptors (Lipinski definition) is 4. The maximum absolute atomic E-state index is 14.0. The van der Waals surface area contributed by atoms with Gasteiger partial charge < -0.3 is 10.6 Å². The number of ketones is 1. The summed E-state index contributed by atoms with van der Waals surface area (Å²) in [4.78, 5) is 30.1. The number of Topliss-reactive ketones (excluding diaryl/α,β-unsaturated/α-hetero) is 1. The van der Waals surface area contributed by atoms with Gasteiger partial charge in [-0.25, -0.2) is 4.39 Å². The molecule has 28 heavy (non-hydrogen) atoms. The van der Waals surface area contributed by atoms with Crippen LogP contribution >= 0.6 is 0 Å². The zero-order valence-corrected chi connectivity index (χ0v) is 15.5. The van der Waals surface area contributed by atoms with Crippen molar-refractivity contribution in [2.75, 3.05) is 5.32 Å². The van der Waals surface area contributed by atoms with Crippen molar-refractivity contribution < 1.29 is 14.0 Å². The zero-order valence-electron chi connectivity index (χ0n) is 15.5. The van der Waals surface area contributed by atoms with Crippen molar-refractivity contribution in [1.82, 2.24) is 10.3 Å². The minimum absolute atomic E-state index is 0.0336. The molecule has 1 aromatic heterocycles. The molecule has 1 atom stereocenters. The van der Waals surface area contributed by atoms with Gasteiger partial charge in [0.2, 0.25) is 0 Å². The number of anilines is 1. The highest BCUT2D eigenvalue weighted by molar-refractivity contribution is 6.09. The van der Waals surface area contributed by atoms with E-state index in [2.05, 4.69) is 15.6 Å². The molecule has 2 aromatic rings. The number of nitrogens with zero attached hydrogens (tertiary/aromatic N) is 1. The van der Waals surface area contributed by atoms with Crippen molar-refractivity contribution in [3.8, 4) is 0 Å². The van der Waals surface area contributed by atoms with Crippen molar-refractivity contribution in [2.24, 2.45) is 0 Å². The molecule has 0 saturated heterocycles. The van der Waals surface area contributed by atoms with Gasteiger partial charge >= 0.3 is 0 Å². The van der Waals surface area contributed by atoms with E-state index in [1.54, 1.807) is 30.6 Å². The number of pyridine rings is 1. The molecule has 1 amide bonds. The Morgan fingerprint density at radius 1 is 1.21 bits per heavy atom. The molecule has 0 fully saturated rings. The van der Waals surface area contributed by atoms with Crippen molar-refractivity contribution in [3.05, 3.63) is 82.7 Å². The Morgan fingerprint density at radius 3 is 2.79 bits per heavy atom. The number of benzene rings is 1. The molecule has 142 valence electrons. The van der Waals surface area contributed by atoms with Gasteiger partial charge in [0.05, 0.1) is 5.69 Å². The third-order valence-electron chi connectivity index (χ3n) is 5.16. The first-order valence-electron chi connectivity index (χ1n) is 9.26. The number of hydrogen-bond donors (Lipinski definition) is 2. The molecule has 1 aromatic carbocycles. The van der Waals surface area contributed by atoms with E-state index < -0.39 is 17.6 Å². The predicted octanol–water partition coefficient (Wildman–Crippen LogP) is 3.83. The van der Waals surface area contributed by atoms with Crippen molar-refractivity contribution in [3.63, 3.8) is 0 Å². The summed E-state index contributed by atoms with van der Waals surface area (Å²) >= 11 is 0. The largest absolute Gasteiger partial charge is 0.362 e. The number of allylic oxidation sites excluding steroid dienone is 3. The van der Waals surface area contributed by atoms with Crippen LogP contribution in [0.25, 0.3) is 0 Å². The lowest BCUT2D eigenvalue weighted by Gasteiger charge is -2.34. The van der Waals surface area contributed by atoms with Crippen molar-refractivity contribution in [1.29, 1.82) is 0 Å². The van der Waals surface area contributed by atoms with Crippen LogP contribution in [0.15, 0.2) is 71.3 Å². The molecule has 2 heterocycles. The predicted molar refractivity (Wildman–Crippen MR) is 104 cm³/mol. The molecular formula is C22H20FN3O2. The number of rotatable bonds is 3. The average molecular weight is 377 g/mol. The van der Waals surface area contributed by atoms with Gasteiger partial charge in [-0.1, -0.05) is 18.2 Å². The van der Waals surface area contributed by atoms with Crippen LogP contribution in [-0.2, 0) is 9.59 Å². The summed E-state index contributed by atoms with van der Waals surface area (Å²) in [7, 11) is 0. The van der Waals surface area contributed by atoms with E-state index in [9.17, 15) is 14.0 Å². The molecule has 0 spiro atoms. The zero-order chi connectivity index (χ0) is 19.7. The summed E-state index contributed by atoms with van der Waals surface area (Å²) in [6.45, 7) is 1.81. The van der Waals surface area contributed by atoms with Crippen LogP contribution in [0.3, 0.4) is 0 Å². The summed E-state index contributed by atoms with van der Waals surface area (Å²) in [5.74, 6) is -1.44. The van der Waals surface area contributed by atoms with Crippen LogP contribution in [-0.4, -0.2) is 16.7 Å². The molecule has 0 saturated carbocycles. The van der Waals surface area contributed by atoms with Crippen LogP contribution in [0, 0.1) is 5.82 Å². The summed E-state index contributed by atoms with van der Waals surface area (Å²) in [5, 5.41) is 5.90. The Morgan fingerprint density at radius 2 is 2.04 bits per heavy atom. The summed E-state index contributed by atoms with van der Waals surface area (Å²) in [6, 6.07) is 9.66. The lowest BCUT2D eigenvalue weighted by atomic mass is 9.75. The quantitative estimate of drug-likeness (QED) is 0.853. The maximum Gasteiger partial charge on any atom is 0.254 e. The Hall–Kier alpha value is -3.28. The van der Waals surface area contributed by atoms with E-state index in [-0.39, 0.29) is 11.5 Å². The Balaban J connectivity index is 1.79. The van der Waals surface area contributed by atoms with Crippen LogP contribution in [0.1, 0.15) is 37.7 Å². The van der Waals surface area contributed by atoms with E-state index in [4.69, 9.17) is 0 Å². The van der Waals surface area contributed by atoms with Gasteiger partial charge in [0, 0.05) is 47.3 Å². The molecule has 2 N–H and O–H groups in total. The van der Waals surface area contributed by atoms with Crippen LogP contribution in [0.4, 0.5) is 10.1 Å². The first-order chi connectivity index (χ1) is 13.6. The SMILES string of the molecule is CC1=C(C(=O)Nc2ccccc2F)[C@@H](c2cccnc2)C2=C(CCCC2=O)N1. The lowest BCUT2D eigenvalue weighted by molar-refractivity contribution is -0.116. The molecule has 6 heteroatoms. The van der Waals surface area contributed by atoms with Gasteiger partial charge in [-0.15, -0.1) is 0 Å². The Labute approximate surface area is 162 Å². The minimum Gasteiger partial charge on any atom is -0.362 e. The number of nitrogens with one attached hydrogen (secondary N) is 2. The summed E-state index contributed by atoms with van der Waals surface area (Å²) < 4.78 is 14.0. The fourth-order valence-electron chi connectivity index (χ4n) is 3.92. The van der Waals surface area contributed by atoms with Crippen molar-refractivity contribution >= 4 is 17.4 Å². The first-order valence-corrected chi connectivity index (χ1v) is 9.26. The number of aromatic nitrogens is 1. The highest BCUT2D eigenvalue weighted by atomic mass is 19.1. The maximum atomic E-state index is 14.0. The second-order valence-corrected chi connectivity index (χ2v) is 6.99. The van der Waals surface area contributed by atoms with Gasteiger partial charge in [-0.3, -0.25) is 14.6 Å². The Bertz CT molecular complexity index is 1010. The van der Waals surface area contributed by atoms with Gasteiger partial charge in [-0.05, 0) is 43.5 Å². The van der Waals surface area contributed by atoms with Crippen molar-refractivity contribution in [2.45, 2.75) is 32.1 Å². The first kappa shape index (κ1) is 18.1. The highest BCUT2D eigenvalue weighted by Crippen LogP contribution is 2.42. The second-order valence-electron chi connectivity index (χ2n) is 6.99. The minimum atomic E-state index is -0.524. The van der Waals surface area contributed by atoms with E-state index in [1.165, 1.54) is 12.1 Å². The second kappa shape index (κ2) is 7.38. The number of carbonyl (C=O) groups is 2. The molecule has 1 aliphatic heterocycles. The number of halogens is 1. The van der Waals surface area contributed by atoms with Gasteiger partial charge in [-0.2, -0.15) is 0 Å². The third kappa shape index (κ3) is 3.22. The molecule has 5 nitrogen and oxygen atoms in total. The fourth-order valence-corrected chi connectivity index (χ4v) is 3.92. The molecule has 2 aliphatic rings. The monoisotopic (exact) mass is 377 g/mol.